The van der Waals surface area contributed by atoms with E-state index in [1.165, 1.54) is 4.90 Å². The molecule has 0 aliphatic carbocycles. The molecule has 90 valence electrons. The molecule has 0 bridgehead atoms. The van der Waals surface area contributed by atoms with Gasteiger partial charge in [0.15, 0.2) is 0 Å². The van der Waals surface area contributed by atoms with Crippen molar-refractivity contribution in [3.8, 4) is 11.8 Å². The number of hydrogen-bond donors (Lipinski definition) is 0. The maximum absolute atomic E-state index is 12.0. The predicted octanol–water partition coefficient (Wildman–Crippen LogP) is 2.07. The fraction of sp³-hybridized carbons (Fsp3) is 0.385. The molecule has 0 heterocycles. The molecule has 0 aromatic heterocycles. The van der Waals surface area contributed by atoms with E-state index in [9.17, 15) is 4.79 Å². The SMILES string of the molecule is CCOc1ccc(C(=O)N(CC)CC#N)cc1. The van der Waals surface area contributed by atoms with Crippen molar-refractivity contribution in [1.29, 1.82) is 5.26 Å². The van der Waals surface area contributed by atoms with Crippen LogP contribution in [0, 0.1) is 11.3 Å². The summed E-state index contributed by atoms with van der Waals surface area (Å²) >= 11 is 0. The van der Waals surface area contributed by atoms with Crippen molar-refractivity contribution in [2.45, 2.75) is 13.8 Å². The maximum Gasteiger partial charge on any atom is 0.254 e. The van der Waals surface area contributed by atoms with Crippen LogP contribution in [-0.4, -0.2) is 30.5 Å². The molecule has 0 atom stereocenters. The van der Waals surface area contributed by atoms with Crippen LogP contribution in [0.1, 0.15) is 24.2 Å². The lowest BCUT2D eigenvalue weighted by Gasteiger charge is -2.17. The zero-order valence-corrected chi connectivity index (χ0v) is 10.1. The minimum absolute atomic E-state index is 0.114. The molecule has 0 radical (unpaired) electrons. The van der Waals surface area contributed by atoms with Crippen LogP contribution in [0.25, 0.3) is 0 Å². The van der Waals surface area contributed by atoms with Crippen LogP contribution >= 0.6 is 0 Å². The summed E-state index contributed by atoms with van der Waals surface area (Å²) in [5.74, 6) is 0.615. The quantitative estimate of drug-likeness (QED) is 0.730. The molecule has 0 N–H and O–H groups in total. The molecule has 0 unspecified atom stereocenters. The highest BCUT2D eigenvalue weighted by molar-refractivity contribution is 5.94. The first kappa shape index (κ1) is 13.0. The van der Waals surface area contributed by atoms with Gasteiger partial charge >= 0.3 is 0 Å². The van der Waals surface area contributed by atoms with Gasteiger partial charge in [0.2, 0.25) is 0 Å². The number of carbonyl (C=O) groups excluding carboxylic acids is 1. The zero-order chi connectivity index (χ0) is 12.7. The smallest absolute Gasteiger partial charge is 0.254 e. The first-order valence-electron chi connectivity index (χ1n) is 5.62. The average molecular weight is 232 g/mol. The van der Waals surface area contributed by atoms with Gasteiger partial charge in [-0.2, -0.15) is 5.26 Å². The molecule has 17 heavy (non-hydrogen) atoms. The normalized spacial score (nSPS) is 9.47. The summed E-state index contributed by atoms with van der Waals surface area (Å²) in [4.78, 5) is 13.5. The highest BCUT2D eigenvalue weighted by atomic mass is 16.5. The topological polar surface area (TPSA) is 53.3 Å². The van der Waals surface area contributed by atoms with Gasteiger partial charge in [-0.3, -0.25) is 4.79 Å². The number of benzene rings is 1. The third-order valence-corrected chi connectivity index (χ3v) is 2.34. The lowest BCUT2D eigenvalue weighted by molar-refractivity contribution is 0.0784. The summed E-state index contributed by atoms with van der Waals surface area (Å²) in [6.07, 6.45) is 0. The Balaban J connectivity index is 2.78. The molecule has 0 fully saturated rings. The minimum Gasteiger partial charge on any atom is -0.494 e. The Kier molecular flexibility index (Phi) is 5.02. The minimum atomic E-state index is -0.128. The molecular formula is C13H16N2O2. The van der Waals surface area contributed by atoms with E-state index in [-0.39, 0.29) is 12.5 Å². The number of nitrogens with zero attached hydrogens (tertiary/aromatic N) is 2. The lowest BCUT2D eigenvalue weighted by Crippen LogP contribution is -2.31. The van der Waals surface area contributed by atoms with Crippen LogP contribution in [-0.2, 0) is 0 Å². The second-order valence-corrected chi connectivity index (χ2v) is 3.43. The van der Waals surface area contributed by atoms with Crippen molar-refractivity contribution in [2.75, 3.05) is 19.7 Å². The van der Waals surface area contributed by atoms with Crippen molar-refractivity contribution in [3.63, 3.8) is 0 Å². The van der Waals surface area contributed by atoms with Gasteiger partial charge in [-0.15, -0.1) is 0 Å². The van der Waals surface area contributed by atoms with Crippen LogP contribution in [0.3, 0.4) is 0 Å². The van der Waals surface area contributed by atoms with Crippen molar-refractivity contribution in [3.05, 3.63) is 29.8 Å². The van der Waals surface area contributed by atoms with Crippen molar-refractivity contribution < 1.29 is 9.53 Å². The molecular weight excluding hydrogens is 216 g/mol. The van der Waals surface area contributed by atoms with E-state index in [0.717, 1.165) is 5.75 Å². The summed E-state index contributed by atoms with van der Waals surface area (Å²) in [6.45, 7) is 5.00. The van der Waals surface area contributed by atoms with Gasteiger partial charge in [-0.25, -0.2) is 0 Å². The fourth-order valence-electron chi connectivity index (χ4n) is 1.46. The first-order chi connectivity index (χ1) is 8.22. The van der Waals surface area contributed by atoms with E-state index < -0.39 is 0 Å². The number of carbonyl (C=O) groups is 1. The van der Waals surface area contributed by atoms with Crippen LogP contribution in [0.5, 0.6) is 5.75 Å². The maximum atomic E-state index is 12.0. The Bertz CT molecular complexity index is 406. The van der Waals surface area contributed by atoms with Crippen LogP contribution < -0.4 is 4.74 Å². The molecule has 1 rings (SSSR count). The van der Waals surface area contributed by atoms with Crippen LogP contribution in [0.15, 0.2) is 24.3 Å². The summed E-state index contributed by atoms with van der Waals surface area (Å²) in [5, 5.41) is 8.61. The fourth-order valence-corrected chi connectivity index (χ4v) is 1.46. The summed E-state index contributed by atoms with van der Waals surface area (Å²) in [5.41, 5.74) is 0.575. The molecule has 0 saturated carbocycles. The van der Waals surface area contributed by atoms with Gasteiger partial charge in [-0.1, -0.05) is 0 Å². The van der Waals surface area contributed by atoms with Crippen molar-refractivity contribution in [1.82, 2.24) is 4.90 Å². The largest absolute Gasteiger partial charge is 0.494 e. The molecule has 4 heteroatoms. The van der Waals surface area contributed by atoms with Gasteiger partial charge in [0, 0.05) is 12.1 Å². The molecule has 0 aliphatic rings. The Labute approximate surface area is 101 Å². The first-order valence-corrected chi connectivity index (χ1v) is 5.62. The zero-order valence-electron chi connectivity index (χ0n) is 10.1. The second-order valence-electron chi connectivity index (χ2n) is 3.43. The Morgan fingerprint density at radius 2 is 2.00 bits per heavy atom. The second kappa shape index (κ2) is 6.54. The third-order valence-electron chi connectivity index (χ3n) is 2.34. The number of amides is 1. The van der Waals surface area contributed by atoms with E-state index in [1.54, 1.807) is 24.3 Å². The van der Waals surface area contributed by atoms with Gasteiger partial charge < -0.3 is 9.64 Å². The monoisotopic (exact) mass is 232 g/mol. The van der Waals surface area contributed by atoms with E-state index in [2.05, 4.69) is 0 Å². The Morgan fingerprint density at radius 1 is 1.35 bits per heavy atom. The lowest BCUT2D eigenvalue weighted by atomic mass is 10.2. The van der Waals surface area contributed by atoms with Gasteiger partial charge in [0.25, 0.3) is 5.91 Å². The molecule has 4 nitrogen and oxygen atoms in total. The molecule has 0 saturated heterocycles. The highest BCUT2D eigenvalue weighted by Gasteiger charge is 2.13. The molecule has 1 aromatic carbocycles. The van der Waals surface area contributed by atoms with Crippen molar-refractivity contribution >= 4 is 5.91 Å². The van der Waals surface area contributed by atoms with Gasteiger partial charge in [0.05, 0.1) is 12.7 Å². The number of hydrogen-bond acceptors (Lipinski definition) is 3. The molecule has 1 amide bonds. The van der Waals surface area contributed by atoms with E-state index in [0.29, 0.717) is 18.7 Å². The van der Waals surface area contributed by atoms with E-state index in [1.807, 2.05) is 19.9 Å². The van der Waals surface area contributed by atoms with E-state index in [4.69, 9.17) is 10.00 Å². The summed E-state index contributed by atoms with van der Waals surface area (Å²) < 4.78 is 5.30. The number of ether oxygens (including phenoxy) is 1. The summed E-state index contributed by atoms with van der Waals surface area (Å²) in [6, 6.07) is 8.93. The highest BCUT2D eigenvalue weighted by Crippen LogP contribution is 2.13. The Hall–Kier alpha value is -2.02. The van der Waals surface area contributed by atoms with Crippen molar-refractivity contribution in [2.24, 2.45) is 0 Å². The van der Waals surface area contributed by atoms with Crippen LogP contribution in [0.2, 0.25) is 0 Å². The van der Waals surface area contributed by atoms with Crippen LogP contribution in [0.4, 0.5) is 0 Å². The molecule has 0 spiro atoms. The van der Waals surface area contributed by atoms with Gasteiger partial charge in [0.1, 0.15) is 12.3 Å². The average Bonchev–Trinajstić information content (AvgIpc) is 2.36. The molecule has 1 aromatic rings. The Morgan fingerprint density at radius 3 is 2.47 bits per heavy atom. The standard InChI is InChI=1S/C13H16N2O2/c1-3-15(10-9-14)13(16)11-5-7-12(8-6-11)17-4-2/h5-8H,3-4,10H2,1-2H3. The summed E-state index contributed by atoms with van der Waals surface area (Å²) in [7, 11) is 0. The predicted molar refractivity (Wildman–Crippen MR) is 64.8 cm³/mol. The van der Waals surface area contributed by atoms with Gasteiger partial charge in [-0.05, 0) is 38.1 Å². The third kappa shape index (κ3) is 3.49. The van der Waals surface area contributed by atoms with E-state index >= 15 is 0 Å². The number of nitriles is 1. The number of rotatable bonds is 5. The molecule has 0 aliphatic heterocycles.